The molecule has 0 fully saturated rings. The fourth-order valence-electron chi connectivity index (χ4n) is 2.58. The van der Waals surface area contributed by atoms with E-state index in [-0.39, 0.29) is 0 Å². The van der Waals surface area contributed by atoms with Crippen LogP contribution in [0.5, 0.6) is 0 Å². The summed E-state index contributed by atoms with van der Waals surface area (Å²) in [4.78, 5) is 4.73. The summed E-state index contributed by atoms with van der Waals surface area (Å²) in [5.41, 5.74) is 4.95. The molecule has 0 radical (unpaired) electrons. The van der Waals surface area contributed by atoms with Gasteiger partial charge in [0, 0.05) is 0 Å². The molecule has 4 rings (SSSR count). The van der Waals surface area contributed by atoms with Crippen LogP contribution in [0.25, 0.3) is 11.6 Å². The summed E-state index contributed by atoms with van der Waals surface area (Å²) >= 11 is 1.45. The van der Waals surface area contributed by atoms with Gasteiger partial charge in [-0.3, -0.25) is 0 Å². The van der Waals surface area contributed by atoms with E-state index >= 15 is 0 Å². The molecule has 0 N–H and O–H groups in total. The van der Waals surface area contributed by atoms with Crippen molar-refractivity contribution in [3.05, 3.63) is 58.5 Å². The topological polar surface area (TPSA) is 12.4 Å². The minimum absolute atomic E-state index is 1.13. The van der Waals surface area contributed by atoms with Crippen molar-refractivity contribution >= 4 is 26.3 Å². The van der Waals surface area contributed by atoms with Gasteiger partial charge in [0.15, 0.2) is 0 Å². The van der Waals surface area contributed by atoms with Crippen LogP contribution in [0.3, 0.4) is 0 Å². The Morgan fingerprint density at radius 1 is 0.941 bits per heavy atom. The van der Waals surface area contributed by atoms with Gasteiger partial charge in [-0.1, -0.05) is 0 Å². The number of aliphatic imine (C=N–C) groups is 1. The second kappa shape index (κ2) is 3.37. The number of rotatable bonds is 0. The molecule has 0 spiro atoms. The van der Waals surface area contributed by atoms with Crippen LogP contribution >= 0.6 is 0 Å². The van der Waals surface area contributed by atoms with Crippen LogP contribution in [0.15, 0.2) is 47.5 Å². The van der Waals surface area contributed by atoms with Gasteiger partial charge in [0.05, 0.1) is 0 Å². The summed E-state index contributed by atoms with van der Waals surface area (Å²) in [6, 6.07) is 15.0. The van der Waals surface area contributed by atoms with Gasteiger partial charge in [-0.2, -0.15) is 0 Å². The Morgan fingerprint density at radius 3 is 2.76 bits per heavy atom. The summed E-state index contributed by atoms with van der Waals surface area (Å²) < 4.78 is 1.40. The molecule has 2 heteroatoms. The Kier molecular flexibility index (Phi) is 1.93. The van der Waals surface area contributed by atoms with E-state index in [2.05, 4.69) is 48.5 Å². The SMILES string of the molecule is [Zr][c]1cccc2c1C1=c3ccccc3=CC1=N2. The van der Waals surface area contributed by atoms with Gasteiger partial charge in [-0.15, -0.1) is 0 Å². The molecular weight excluding hydrogens is 285 g/mol. The van der Waals surface area contributed by atoms with Crippen molar-refractivity contribution in [3.8, 4) is 0 Å². The summed E-state index contributed by atoms with van der Waals surface area (Å²) in [5.74, 6) is 0. The Hall–Kier alpha value is -1.27. The van der Waals surface area contributed by atoms with E-state index in [1.54, 1.807) is 0 Å². The first-order valence-corrected chi connectivity index (χ1v) is 6.82. The number of hydrogen-bond acceptors (Lipinski definition) is 1. The zero-order chi connectivity index (χ0) is 11.4. The molecule has 77 valence electrons. The monoisotopic (exact) mass is 292 g/mol. The van der Waals surface area contributed by atoms with Gasteiger partial charge in [0.2, 0.25) is 0 Å². The van der Waals surface area contributed by atoms with Crippen molar-refractivity contribution in [2.75, 3.05) is 0 Å². The van der Waals surface area contributed by atoms with Crippen molar-refractivity contribution in [1.29, 1.82) is 0 Å². The molecule has 0 aromatic heterocycles. The average molecular weight is 293 g/mol. The molecule has 0 saturated heterocycles. The quantitative estimate of drug-likeness (QED) is 0.685. The zero-order valence-electron chi connectivity index (χ0n) is 9.07. The van der Waals surface area contributed by atoms with E-state index in [0.29, 0.717) is 0 Å². The van der Waals surface area contributed by atoms with E-state index in [1.807, 2.05) is 0 Å². The van der Waals surface area contributed by atoms with Gasteiger partial charge in [0.1, 0.15) is 0 Å². The fourth-order valence-corrected chi connectivity index (χ4v) is 3.44. The normalized spacial score (nSPS) is 14.8. The predicted molar refractivity (Wildman–Crippen MR) is 65.8 cm³/mol. The van der Waals surface area contributed by atoms with Crippen LogP contribution in [0.4, 0.5) is 5.69 Å². The maximum absolute atomic E-state index is 4.73. The first-order chi connectivity index (χ1) is 8.34. The summed E-state index contributed by atoms with van der Waals surface area (Å²) in [7, 11) is 0. The van der Waals surface area contributed by atoms with Gasteiger partial charge >= 0.3 is 114 Å². The summed E-state index contributed by atoms with van der Waals surface area (Å²) in [5, 5.41) is 2.63. The summed E-state index contributed by atoms with van der Waals surface area (Å²) in [6.45, 7) is 0. The standard InChI is InChI=1S/C15H8N.Zr/c1-2-6-11-10(5-1)9-14-15(11)12-7-3-4-8-13(12)16-14;/h1-6,8-9H;. The van der Waals surface area contributed by atoms with Crippen molar-refractivity contribution in [1.82, 2.24) is 0 Å². The molecule has 0 bridgehead atoms. The molecule has 0 amide bonds. The molecule has 0 saturated carbocycles. The van der Waals surface area contributed by atoms with Crippen LogP contribution in [-0.2, 0) is 24.7 Å². The second-order valence-electron chi connectivity index (χ2n) is 4.30. The molecule has 0 unspecified atom stereocenters. The van der Waals surface area contributed by atoms with E-state index < -0.39 is 0 Å². The maximum atomic E-state index is 4.73. The van der Waals surface area contributed by atoms with E-state index in [4.69, 9.17) is 4.99 Å². The molecule has 1 aliphatic heterocycles. The number of hydrogen-bond donors (Lipinski definition) is 0. The van der Waals surface area contributed by atoms with Crippen molar-refractivity contribution in [2.24, 2.45) is 4.99 Å². The zero-order valence-corrected chi connectivity index (χ0v) is 11.5. The first kappa shape index (κ1) is 9.73. The average Bonchev–Trinajstić information content (AvgIpc) is 2.84. The van der Waals surface area contributed by atoms with Gasteiger partial charge < -0.3 is 0 Å². The number of benzene rings is 2. The third-order valence-electron chi connectivity index (χ3n) is 3.31. The Morgan fingerprint density at radius 2 is 1.82 bits per heavy atom. The predicted octanol–water partition coefficient (Wildman–Crippen LogP) is 0.938. The van der Waals surface area contributed by atoms with Gasteiger partial charge in [0.25, 0.3) is 0 Å². The van der Waals surface area contributed by atoms with Crippen molar-refractivity contribution in [2.45, 2.75) is 0 Å². The van der Waals surface area contributed by atoms with Crippen LogP contribution in [0, 0.1) is 0 Å². The first-order valence-electron chi connectivity index (χ1n) is 5.60. The van der Waals surface area contributed by atoms with Gasteiger partial charge in [-0.25, -0.2) is 0 Å². The fraction of sp³-hybridized carbons (Fsp3) is 0. The van der Waals surface area contributed by atoms with Gasteiger partial charge in [-0.05, 0) is 0 Å². The van der Waals surface area contributed by atoms with Crippen LogP contribution < -0.4 is 13.7 Å². The van der Waals surface area contributed by atoms with E-state index in [9.17, 15) is 0 Å². The molecule has 1 heterocycles. The molecule has 1 aliphatic carbocycles. The molecule has 17 heavy (non-hydrogen) atoms. The third-order valence-corrected chi connectivity index (χ3v) is 4.34. The third kappa shape index (κ3) is 1.25. The molecule has 2 aromatic carbocycles. The second-order valence-corrected chi connectivity index (χ2v) is 5.63. The van der Waals surface area contributed by atoms with Crippen LogP contribution in [0.1, 0.15) is 5.56 Å². The van der Waals surface area contributed by atoms with Crippen molar-refractivity contribution in [3.63, 3.8) is 0 Å². The van der Waals surface area contributed by atoms with Crippen LogP contribution in [-0.4, -0.2) is 5.71 Å². The molecular formula is C15H8NZr. The Bertz CT molecular complexity index is 800. The number of fused-ring (bicyclic) bond motifs is 4. The molecule has 2 aromatic rings. The summed E-state index contributed by atoms with van der Waals surface area (Å²) in [6.07, 6.45) is 2.19. The van der Waals surface area contributed by atoms with Crippen molar-refractivity contribution < 1.29 is 24.7 Å². The van der Waals surface area contributed by atoms with E-state index in [0.717, 1.165) is 11.4 Å². The minimum atomic E-state index is 1.13. The number of nitrogens with zero attached hydrogens (tertiary/aromatic N) is 1. The Balaban J connectivity index is 2.23. The molecule has 0 atom stereocenters. The van der Waals surface area contributed by atoms with Crippen LogP contribution in [0.2, 0.25) is 0 Å². The molecule has 1 nitrogen and oxygen atoms in total. The molecule has 2 aliphatic rings. The Labute approximate surface area is 114 Å². The van der Waals surface area contributed by atoms with E-state index in [1.165, 1.54) is 49.6 Å².